The number of amides is 1. The van der Waals surface area contributed by atoms with Crippen molar-refractivity contribution >= 4 is 24.0 Å². The summed E-state index contributed by atoms with van der Waals surface area (Å²) in [5, 5.41) is 3.13. The van der Waals surface area contributed by atoms with E-state index in [-0.39, 0.29) is 18.3 Å². The van der Waals surface area contributed by atoms with Crippen molar-refractivity contribution < 1.29 is 4.79 Å². The second-order valence-corrected chi connectivity index (χ2v) is 6.31. The Bertz CT molecular complexity index is 497. The van der Waals surface area contributed by atoms with Crippen LogP contribution in [0.5, 0.6) is 0 Å². The van der Waals surface area contributed by atoms with Crippen molar-refractivity contribution in [2.45, 2.75) is 45.6 Å². The first-order valence-corrected chi connectivity index (χ1v) is 7.75. The lowest BCUT2D eigenvalue weighted by Gasteiger charge is -2.20. The molecule has 1 N–H and O–H groups in total. The van der Waals surface area contributed by atoms with Crippen molar-refractivity contribution in [3.8, 4) is 0 Å². The standard InChI is InChI=1S/C17H24N2O.ClH/c1-12-5-3-6-13(2)17(12)18-16(20)11-14-8-10-19-9-4-7-15(14)19;/h3,5-6,14-15H,4,7-11H2,1-2H3,(H,18,20);1H. The van der Waals surface area contributed by atoms with Gasteiger partial charge < -0.3 is 10.2 Å². The molecule has 0 radical (unpaired) electrons. The number of benzene rings is 1. The first kappa shape index (κ1) is 16.3. The van der Waals surface area contributed by atoms with Gasteiger partial charge in [0.05, 0.1) is 0 Å². The number of hydrogen-bond donors (Lipinski definition) is 1. The van der Waals surface area contributed by atoms with E-state index in [2.05, 4.69) is 36.2 Å². The van der Waals surface area contributed by atoms with E-state index in [0.29, 0.717) is 18.4 Å². The minimum atomic E-state index is 0. The quantitative estimate of drug-likeness (QED) is 0.926. The lowest BCUT2D eigenvalue weighted by atomic mass is 9.94. The molecule has 0 aliphatic carbocycles. The van der Waals surface area contributed by atoms with Crippen LogP contribution in [0, 0.1) is 19.8 Å². The van der Waals surface area contributed by atoms with Gasteiger partial charge in [0, 0.05) is 18.2 Å². The summed E-state index contributed by atoms with van der Waals surface area (Å²) in [5.41, 5.74) is 3.29. The van der Waals surface area contributed by atoms with Gasteiger partial charge in [0.2, 0.25) is 5.91 Å². The molecule has 2 unspecified atom stereocenters. The van der Waals surface area contributed by atoms with Gasteiger partial charge in [-0.15, -0.1) is 12.4 Å². The summed E-state index contributed by atoms with van der Waals surface area (Å²) in [7, 11) is 0. The topological polar surface area (TPSA) is 32.3 Å². The normalized spacial score (nSPS) is 24.5. The minimum Gasteiger partial charge on any atom is -0.326 e. The Hall–Kier alpha value is -1.06. The summed E-state index contributed by atoms with van der Waals surface area (Å²) >= 11 is 0. The van der Waals surface area contributed by atoms with Crippen LogP contribution in [0.15, 0.2) is 18.2 Å². The molecule has 2 heterocycles. The van der Waals surface area contributed by atoms with Gasteiger partial charge in [-0.2, -0.15) is 0 Å². The molecule has 0 spiro atoms. The average molecular weight is 309 g/mol. The van der Waals surface area contributed by atoms with Crippen LogP contribution in [-0.2, 0) is 4.79 Å². The van der Waals surface area contributed by atoms with Crippen molar-refractivity contribution in [2.24, 2.45) is 5.92 Å². The van der Waals surface area contributed by atoms with Crippen LogP contribution < -0.4 is 5.32 Å². The molecule has 2 fully saturated rings. The molecule has 116 valence electrons. The molecule has 3 rings (SSSR count). The van der Waals surface area contributed by atoms with Crippen LogP contribution in [0.4, 0.5) is 5.69 Å². The van der Waals surface area contributed by atoms with E-state index in [1.54, 1.807) is 0 Å². The number of nitrogens with one attached hydrogen (secondary N) is 1. The highest BCUT2D eigenvalue weighted by Crippen LogP contribution is 2.34. The molecule has 1 aromatic carbocycles. The SMILES string of the molecule is Cc1cccc(C)c1NC(=O)CC1CCN2CCCC12.Cl. The summed E-state index contributed by atoms with van der Waals surface area (Å²) in [6, 6.07) is 6.81. The van der Waals surface area contributed by atoms with Gasteiger partial charge in [-0.1, -0.05) is 18.2 Å². The van der Waals surface area contributed by atoms with Crippen LogP contribution in [0.1, 0.15) is 36.8 Å². The van der Waals surface area contributed by atoms with Crippen LogP contribution in [0.3, 0.4) is 0 Å². The zero-order valence-electron chi connectivity index (χ0n) is 12.9. The summed E-state index contributed by atoms with van der Waals surface area (Å²) in [6.07, 6.45) is 4.45. The lowest BCUT2D eigenvalue weighted by molar-refractivity contribution is -0.117. The van der Waals surface area contributed by atoms with Crippen molar-refractivity contribution in [2.75, 3.05) is 18.4 Å². The van der Waals surface area contributed by atoms with E-state index in [1.165, 1.54) is 32.4 Å². The summed E-state index contributed by atoms with van der Waals surface area (Å²) in [5.74, 6) is 0.739. The zero-order valence-corrected chi connectivity index (χ0v) is 13.7. The molecule has 0 bridgehead atoms. The fourth-order valence-electron chi connectivity index (χ4n) is 3.87. The largest absolute Gasteiger partial charge is 0.326 e. The van der Waals surface area contributed by atoms with E-state index >= 15 is 0 Å². The second kappa shape index (κ2) is 6.80. The average Bonchev–Trinajstić information content (AvgIpc) is 2.99. The Morgan fingerprint density at radius 3 is 2.67 bits per heavy atom. The number of para-hydroxylation sites is 1. The molecule has 2 saturated heterocycles. The third-order valence-electron chi connectivity index (χ3n) is 4.94. The molecule has 2 aliphatic heterocycles. The lowest BCUT2D eigenvalue weighted by Crippen LogP contribution is -2.28. The molecule has 2 atom stereocenters. The predicted octanol–water partition coefficient (Wildman–Crippen LogP) is 3.54. The summed E-state index contributed by atoms with van der Waals surface area (Å²) < 4.78 is 0. The van der Waals surface area contributed by atoms with E-state index in [1.807, 2.05) is 6.07 Å². The third-order valence-corrected chi connectivity index (χ3v) is 4.94. The number of aryl methyl sites for hydroxylation is 2. The van der Waals surface area contributed by atoms with Crippen LogP contribution in [0.2, 0.25) is 0 Å². The van der Waals surface area contributed by atoms with Gasteiger partial charge in [-0.05, 0) is 63.2 Å². The number of carbonyl (C=O) groups excluding carboxylic acids is 1. The molecule has 4 heteroatoms. The van der Waals surface area contributed by atoms with E-state index < -0.39 is 0 Å². The molecule has 2 aliphatic rings. The monoisotopic (exact) mass is 308 g/mol. The highest BCUT2D eigenvalue weighted by Gasteiger charge is 2.37. The first-order chi connectivity index (χ1) is 9.65. The molecular formula is C17H25ClN2O. The Labute approximate surface area is 133 Å². The Morgan fingerprint density at radius 2 is 1.95 bits per heavy atom. The summed E-state index contributed by atoms with van der Waals surface area (Å²) in [4.78, 5) is 14.9. The molecule has 1 amide bonds. The highest BCUT2D eigenvalue weighted by molar-refractivity contribution is 5.92. The fourth-order valence-corrected chi connectivity index (χ4v) is 3.87. The number of nitrogens with zero attached hydrogens (tertiary/aromatic N) is 1. The van der Waals surface area contributed by atoms with Crippen molar-refractivity contribution in [3.63, 3.8) is 0 Å². The minimum absolute atomic E-state index is 0. The van der Waals surface area contributed by atoms with Crippen molar-refractivity contribution in [1.82, 2.24) is 4.90 Å². The third kappa shape index (κ3) is 3.41. The molecule has 0 aromatic heterocycles. The molecule has 21 heavy (non-hydrogen) atoms. The van der Waals surface area contributed by atoms with Crippen molar-refractivity contribution in [1.29, 1.82) is 0 Å². The Morgan fingerprint density at radius 1 is 1.24 bits per heavy atom. The van der Waals surface area contributed by atoms with Gasteiger partial charge in [0.15, 0.2) is 0 Å². The summed E-state index contributed by atoms with van der Waals surface area (Å²) in [6.45, 7) is 6.53. The number of hydrogen-bond acceptors (Lipinski definition) is 2. The maximum Gasteiger partial charge on any atom is 0.224 e. The predicted molar refractivity (Wildman–Crippen MR) is 89.1 cm³/mol. The number of carbonyl (C=O) groups is 1. The number of fused-ring (bicyclic) bond motifs is 1. The van der Waals surface area contributed by atoms with E-state index in [4.69, 9.17) is 0 Å². The van der Waals surface area contributed by atoms with Gasteiger partial charge in [0.25, 0.3) is 0 Å². The number of rotatable bonds is 3. The second-order valence-electron chi connectivity index (χ2n) is 6.31. The van der Waals surface area contributed by atoms with E-state index in [0.717, 1.165) is 16.8 Å². The molecule has 3 nitrogen and oxygen atoms in total. The van der Waals surface area contributed by atoms with Crippen molar-refractivity contribution in [3.05, 3.63) is 29.3 Å². The fraction of sp³-hybridized carbons (Fsp3) is 0.588. The number of anilines is 1. The maximum atomic E-state index is 12.3. The van der Waals surface area contributed by atoms with Gasteiger partial charge >= 0.3 is 0 Å². The van der Waals surface area contributed by atoms with E-state index in [9.17, 15) is 4.79 Å². The first-order valence-electron chi connectivity index (χ1n) is 7.75. The van der Waals surface area contributed by atoms with Gasteiger partial charge in [-0.25, -0.2) is 0 Å². The highest BCUT2D eigenvalue weighted by atomic mass is 35.5. The Kier molecular flexibility index (Phi) is 5.28. The molecule has 1 aromatic rings. The molecular weight excluding hydrogens is 284 g/mol. The van der Waals surface area contributed by atoms with Gasteiger partial charge in [-0.3, -0.25) is 4.79 Å². The maximum absolute atomic E-state index is 12.3. The zero-order chi connectivity index (χ0) is 14.1. The van der Waals surface area contributed by atoms with Crippen LogP contribution in [-0.4, -0.2) is 29.9 Å². The molecule has 0 saturated carbocycles. The van der Waals surface area contributed by atoms with Crippen LogP contribution in [0.25, 0.3) is 0 Å². The van der Waals surface area contributed by atoms with Crippen LogP contribution >= 0.6 is 12.4 Å². The smallest absolute Gasteiger partial charge is 0.224 e. The number of halogens is 1. The Balaban J connectivity index is 0.00000161. The van der Waals surface area contributed by atoms with Gasteiger partial charge in [0.1, 0.15) is 0 Å².